The molecule has 0 saturated carbocycles. The third-order valence-electron chi connectivity index (χ3n) is 4.55. The van der Waals surface area contributed by atoms with Gasteiger partial charge in [0.05, 0.1) is 6.42 Å². The molecule has 0 atom stereocenters. The highest BCUT2D eigenvalue weighted by Crippen LogP contribution is 2.21. The van der Waals surface area contributed by atoms with E-state index in [0.717, 1.165) is 11.3 Å². The average Bonchev–Trinajstić information content (AvgIpc) is 2.71. The minimum absolute atomic E-state index is 0.0851. The largest absolute Gasteiger partial charge is 0.481 e. The molecular weight excluding hydrogens is 390 g/mol. The lowest BCUT2D eigenvalue weighted by Crippen LogP contribution is -2.26. The van der Waals surface area contributed by atoms with Gasteiger partial charge in [0, 0.05) is 36.0 Å². The number of halogens is 1. The van der Waals surface area contributed by atoms with Crippen molar-refractivity contribution in [2.75, 3.05) is 11.9 Å². The number of hydrogen-bond donors (Lipinski definition) is 1. The maximum absolute atomic E-state index is 12.6. The molecule has 7 heteroatoms. The highest BCUT2D eigenvalue weighted by molar-refractivity contribution is 6.30. The van der Waals surface area contributed by atoms with Crippen LogP contribution in [0.4, 0.5) is 5.69 Å². The summed E-state index contributed by atoms with van der Waals surface area (Å²) in [6.07, 6.45) is 0.242. The van der Waals surface area contributed by atoms with E-state index in [-0.39, 0.29) is 17.5 Å². The van der Waals surface area contributed by atoms with Crippen LogP contribution in [0.1, 0.15) is 33.0 Å². The van der Waals surface area contributed by atoms with Gasteiger partial charge in [-0.2, -0.15) is 0 Å². The SMILES string of the molecule is Cc1nc(Cc2ccc(N(C)C(=O)c3ccccc3)cc2)nc(Cl)c1CC(=O)O. The summed E-state index contributed by atoms with van der Waals surface area (Å²) in [7, 11) is 1.73. The Labute approximate surface area is 173 Å². The van der Waals surface area contributed by atoms with E-state index >= 15 is 0 Å². The highest BCUT2D eigenvalue weighted by Gasteiger charge is 2.15. The summed E-state index contributed by atoms with van der Waals surface area (Å²) in [6, 6.07) is 16.6. The van der Waals surface area contributed by atoms with Crippen molar-refractivity contribution in [2.45, 2.75) is 19.8 Å². The molecule has 0 aliphatic carbocycles. The minimum Gasteiger partial charge on any atom is -0.481 e. The molecule has 1 amide bonds. The molecule has 0 fully saturated rings. The van der Waals surface area contributed by atoms with Gasteiger partial charge in [0.1, 0.15) is 11.0 Å². The molecule has 1 N–H and O–H groups in total. The van der Waals surface area contributed by atoms with Gasteiger partial charge in [-0.25, -0.2) is 9.97 Å². The molecule has 0 aliphatic heterocycles. The van der Waals surface area contributed by atoms with Crippen LogP contribution in [0.15, 0.2) is 54.6 Å². The Bertz CT molecular complexity index is 1010. The zero-order valence-corrected chi connectivity index (χ0v) is 16.8. The number of amides is 1. The normalized spacial score (nSPS) is 10.6. The molecule has 2 aromatic carbocycles. The summed E-state index contributed by atoms with van der Waals surface area (Å²) in [5.41, 5.74) is 3.34. The zero-order valence-electron chi connectivity index (χ0n) is 16.1. The van der Waals surface area contributed by atoms with Crippen LogP contribution in [0.2, 0.25) is 5.15 Å². The van der Waals surface area contributed by atoms with Crippen LogP contribution in [-0.4, -0.2) is 34.0 Å². The molecule has 0 saturated heterocycles. The number of hydrogen-bond acceptors (Lipinski definition) is 4. The summed E-state index contributed by atoms with van der Waals surface area (Å²) in [4.78, 5) is 33.7. The summed E-state index contributed by atoms with van der Waals surface area (Å²) >= 11 is 6.15. The van der Waals surface area contributed by atoms with E-state index < -0.39 is 5.97 Å². The minimum atomic E-state index is -0.976. The third kappa shape index (κ3) is 4.97. The smallest absolute Gasteiger partial charge is 0.308 e. The number of benzene rings is 2. The van der Waals surface area contributed by atoms with E-state index in [0.29, 0.717) is 29.1 Å². The molecule has 0 spiro atoms. The summed E-state index contributed by atoms with van der Waals surface area (Å²) in [6.45, 7) is 1.72. The fourth-order valence-electron chi connectivity index (χ4n) is 2.96. The van der Waals surface area contributed by atoms with Crippen molar-refractivity contribution in [1.82, 2.24) is 9.97 Å². The molecule has 1 aromatic heterocycles. The van der Waals surface area contributed by atoms with Gasteiger partial charge in [0.15, 0.2) is 0 Å². The monoisotopic (exact) mass is 409 g/mol. The lowest BCUT2D eigenvalue weighted by molar-refractivity contribution is -0.136. The van der Waals surface area contributed by atoms with Crippen LogP contribution in [0.5, 0.6) is 0 Å². The molecule has 0 radical (unpaired) electrons. The Kier molecular flexibility index (Phi) is 6.24. The molecule has 29 heavy (non-hydrogen) atoms. The van der Waals surface area contributed by atoms with Crippen molar-refractivity contribution in [1.29, 1.82) is 0 Å². The first-order valence-corrected chi connectivity index (χ1v) is 9.38. The zero-order chi connectivity index (χ0) is 21.0. The number of nitrogens with zero attached hydrogens (tertiary/aromatic N) is 3. The standard InChI is InChI=1S/C22H20ClN3O3/c1-14-18(13-20(27)28)21(23)25-19(24-14)12-15-8-10-17(11-9-15)26(2)22(29)16-6-4-3-5-7-16/h3-11H,12-13H2,1-2H3,(H,27,28). The molecule has 148 valence electrons. The molecule has 6 nitrogen and oxygen atoms in total. The van der Waals surface area contributed by atoms with Crippen molar-refractivity contribution in [3.8, 4) is 0 Å². The number of rotatable bonds is 6. The molecule has 1 heterocycles. The molecule has 3 aromatic rings. The number of carbonyl (C=O) groups excluding carboxylic acids is 1. The number of carbonyl (C=O) groups is 2. The number of carboxylic acid groups (broad SMARTS) is 1. The van der Waals surface area contributed by atoms with Gasteiger partial charge in [-0.15, -0.1) is 0 Å². The van der Waals surface area contributed by atoms with Gasteiger partial charge in [0.2, 0.25) is 0 Å². The highest BCUT2D eigenvalue weighted by atomic mass is 35.5. The van der Waals surface area contributed by atoms with Crippen molar-refractivity contribution in [2.24, 2.45) is 0 Å². The van der Waals surface area contributed by atoms with Crippen molar-refractivity contribution in [3.63, 3.8) is 0 Å². The molecule has 3 rings (SSSR count). The fraction of sp³-hybridized carbons (Fsp3) is 0.182. The van der Waals surface area contributed by atoms with E-state index in [1.807, 2.05) is 42.5 Å². The Balaban J connectivity index is 1.74. The first-order chi connectivity index (χ1) is 13.8. The van der Waals surface area contributed by atoms with Crippen LogP contribution in [0, 0.1) is 6.92 Å². The number of carboxylic acids is 1. The topological polar surface area (TPSA) is 83.4 Å². The average molecular weight is 410 g/mol. The third-order valence-corrected chi connectivity index (χ3v) is 4.86. The van der Waals surface area contributed by atoms with E-state index in [4.69, 9.17) is 16.7 Å². The van der Waals surface area contributed by atoms with Gasteiger partial charge in [0.25, 0.3) is 5.91 Å². The second-order valence-electron chi connectivity index (χ2n) is 6.64. The maximum atomic E-state index is 12.6. The quantitative estimate of drug-likeness (QED) is 0.623. The maximum Gasteiger partial charge on any atom is 0.308 e. The lowest BCUT2D eigenvalue weighted by Gasteiger charge is -2.18. The Morgan fingerprint density at radius 3 is 2.28 bits per heavy atom. The molecule has 0 aliphatic rings. The Morgan fingerprint density at radius 2 is 1.69 bits per heavy atom. The van der Waals surface area contributed by atoms with Gasteiger partial charge in [-0.3, -0.25) is 9.59 Å². The van der Waals surface area contributed by atoms with Crippen LogP contribution in [-0.2, 0) is 17.6 Å². The second kappa shape index (κ2) is 8.84. The fourth-order valence-corrected chi connectivity index (χ4v) is 3.26. The molecule has 0 unspecified atom stereocenters. The van der Waals surface area contributed by atoms with Crippen molar-refractivity contribution < 1.29 is 14.7 Å². The number of aromatic nitrogens is 2. The number of anilines is 1. The van der Waals surface area contributed by atoms with Crippen LogP contribution < -0.4 is 4.90 Å². The van der Waals surface area contributed by atoms with E-state index in [9.17, 15) is 9.59 Å². The Hall–Kier alpha value is -3.25. The van der Waals surface area contributed by atoms with E-state index in [1.165, 1.54) is 0 Å². The molecule has 0 bridgehead atoms. The number of aryl methyl sites for hydroxylation is 1. The van der Waals surface area contributed by atoms with Gasteiger partial charge < -0.3 is 10.0 Å². The number of aliphatic carboxylic acids is 1. The van der Waals surface area contributed by atoms with Crippen LogP contribution >= 0.6 is 11.6 Å². The lowest BCUT2D eigenvalue weighted by atomic mass is 10.1. The second-order valence-corrected chi connectivity index (χ2v) is 7.00. The predicted octanol–water partition coefficient (Wildman–Crippen LogP) is 3.93. The first-order valence-electron chi connectivity index (χ1n) is 9.01. The van der Waals surface area contributed by atoms with Crippen LogP contribution in [0.3, 0.4) is 0 Å². The summed E-state index contributed by atoms with van der Waals surface area (Å²) in [5.74, 6) is -0.544. The van der Waals surface area contributed by atoms with Gasteiger partial charge in [-0.05, 0) is 36.8 Å². The van der Waals surface area contributed by atoms with Crippen LogP contribution in [0.25, 0.3) is 0 Å². The predicted molar refractivity (Wildman–Crippen MR) is 112 cm³/mol. The van der Waals surface area contributed by atoms with Gasteiger partial charge in [-0.1, -0.05) is 41.9 Å². The van der Waals surface area contributed by atoms with Gasteiger partial charge >= 0.3 is 5.97 Å². The summed E-state index contributed by atoms with van der Waals surface area (Å²) in [5, 5.41) is 9.13. The molecular formula is C22H20ClN3O3. The first kappa shape index (κ1) is 20.5. The Morgan fingerprint density at radius 1 is 1.03 bits per heavy atom. The van der Waals surface area contributed by atoms with E-state index in [2.05, 4.69) is 9.97 Å². The van der Waals surface area contributed by atoms with Crippen molar-refractivity contribution >= 4 is 29.2 Å². The summed E-state index contributed by atoms with van der Waals surface area (Å²) < 4.78 is 0. The van der Waals surface area contributed by atoms with Crippen molar-refractivity contribution in [3.05, 3.63) is 88.0 Å². The van der Waals surface area contributed by atoms with E-state index in [1.54, 1.807) is 31.0 Å².